The van der Waals surface area contributed by atoms with Crippen LogP contribution in [0.3, 0.4) is 0 Å². The molecule has 0 unspecified atom stereocenters. The number of fused-ring (bicyclic) bond motifs is 1. The number of hydrogen-bond acceptors (Lipinski definition) is 4. The molecule has 36 heavy (non-hydrogen) atoms. The van der Waals surface area contributed by atoms with E-state index in [2.05, 4.69) is 57.7 Å². The maximum atomic E-state index is 13.4. The maximum absolute atomic E-state index is 13.4. The zero-order valence-corrected chi connectivity index (χ0v) is 21.5. The number of halogens is 2. The third-order valence-electron chi connectivity index (χ3n) is 6.70. The predicted octanol–water partition coefficient (Wildman–Crippen LogP) is 7.29. The summed E-state index contributed by atoms with van der Waals surface area (Å²) in [6.07, 6.45) is 4.40. The Morgan fingerprint density at radius 1 is 0.944 bits per heavy atom. The molecular weight excluding hydrogens is 491 g/mol. The van der Waals surface area contributed by atoms with Crippen molar-refractivity contribution in [3.63, 3.8) is 0 Å². The number of aromatic nitrogens is 2. The predicted molar refractivity (Wildman–Crippen MR) is 146 cm³/mol. The van der Waals surface area contributed by atoms with Gasteiger partial charge in [-0.05, 0) is 85.7 Å². The highest BCUT2D eigenvalue weighted by atomic mass is 35.5. The summed E-state index contributed by atoms with van der Waals surface area (Å²) >= 11 is 12.3. The highest BCUT2D eigenvalue weighted by Crippen LogP contribution is 2.33. The molecule has 2 aliphatic carbocycles. The molecule has 0 saturated heterocycles. The minimum absolute atomic E-state index is 0.0404. The van der Waals surface area contributed by atoms with Crippen LogP contribution in [0.25, 0.3) is 22.0 Å². The first-order chi connectivity index (χ1) is 17.4. The summed E-state index contributed by atoms with van der Waals surface area (Å²) in [4.78, 5) is 24.6. The lowest BCUT2D eigenvalue weighted by atomic mass is 10.0. The number of aryl methyl sites for hydroxylation is 1. The Bertz CT molecular complexity index is 1460. The number of hydrogen-bond donors (Lipinski definition) is 1. The van der Waals surface area contributed by atoms with E-state index >= 15 is 0 Å². The third-order valence-corrected chi connectivity index (χ3v) is 7.13. The lowest BCUT2D eigenvalue weighted by molar-refractivity contribution is 0.0730. The van der Waals surface area contributed by atoms with Gasteiger partial charge in [0.1, 0.15) is 11.6 Å². The van der Waals surface area contributed by atoms with Crippen molar-refractivity contribution < 1.29 is 4.79 Å². The Hall–Kier alpha value is -3.15. The van der Waals surface area contributed by atoms with Gasteiger partial charge in [-0.15, -0.1) is 0 Å². The Labute approximate surface area is 220 Å². The summed E-state index contributed by atoms with van der Waals surface area (Å²) in [5.74, 6) is 1.64. The second kappa shape index (κ2) is 9.38. The van der Waals surface area contributed by atoms with Crippen molar-refractivity contribution in [1.29, 1.82) is 0 Å². The van der Waals surface area contributed by atoms with Gasteiger partial charge in [-0.25, -0.2) is 9.97 Å². The molecule has 0 bridgehead atoms. The van der Waals surface area contributed by atoms with Crippen LogP contribution in [-0.2, 0) is 6.54 Å². The van der Waals surface area contributed by atoms with Crippen molar-refractivity contribution in [2.24, 2.45) is 0 Å². The normalized spacial score (nSPS) is 15.2. The zero-order valence-electron chi connectivity index (χ0n) is 20.0. The van der Waals surface area contributed by atoms with Crippen LogP contribution < -0.4 is 5.32 Å². The second-order valence-corrected chi connectivity index (χ2v) is 10.7. The molecule has 0 atom stereocenters. The summed E-state index contributed by atoms with van der Waals surface area (Å²) in [6, 6.07) is 20.5. The molecule has 4 aromatic rings. The smallest absolute Gasteiger partial charge is 0.254 e. The summed E-state index contributed by atoms with van der Waals surface area (Å²) in [5, 5.41) is 5.52. The number of carbonyl (C=O) groups excluding carboxylic acids is 1. The van der Waals surface area contributed by atoms with Crippen LogP contribution in [0.15, 0.2) is 60.7 Å². The lowest BCUT2D eigenvalue weighted by Crippen LogP contribution is -2.32. The van der Waals surface area contributed by atoms with Gasteiger partial charge in [0.05, 0.1) is 5.52 Å². The number of carbonyl (C=O) groups is 1. The molecule has 2 fully saturated rings. The summed E-state index contributed by atoms with van der Waals surface area (Å²) in [7, 11) is 0. The highest BCUT2D eigenvalue weighted by molar-refractivity contribution is 6.35. The van der Waals surface area contributed by atoms with Crippen LogP contribution >= 0.6 is 23.2 Å². The molecule has 0 aliphatic heterocycles. The van der Waals surface area contributed by atoms with Gasteiger partial charge in [0.2, 0.25) is 0 Å². The molecule has 2 aliphatic rings. The average Bonchev–Trinajstić information content (AvgIpc) is 3.77. The van der Waals surface area contributed by atoms with E-state index in [0.29, 0.717) is 28.2 Å². The number of anilines is 1. The van der Waals surface area contributed by atoms with Crippen molar-refractivity contribution in [1.82, 2.24) is 14.9 Å². The first-order valence-electron chi connectivity index (χ1n) is 12.3. The van der Waals surface area contributed by atoms with Crippen LogP contribution in [0.1, 0.15) is 47.4 Å². The Morgan fingerprint density at radius 3 is 2.42 bits per heavy atom. The summed E-state index contributed by atoms with van der Waals surface area (Å²) < 4.78 is 0. The molecule has 1 N–H and O–H groups in total. The minimum Gasteiger partial charge on any atom is -0.367 e. The van der Waals surface area contributed by atoms with Gasteiger partial charge in [0.25, 0.3) is 5.91 Å². The molecular formula is C29H26Cl2N4O. The Kier molecular flexibility index (Phi) is 6.06. The topological polar surface area (TPSA) is 58.1 Å². The Morgan fingerprint density at radius 2 is 1.69 bits per heavy atom. The quantitative estimate of drug-likeness (QED) is 0.280. The number of rotatable bonds is 7. The molecule has 182 valence electrons. The fourth-order valence-corrected chi connectivity index (χ4v) is 5.12. The fraction of sp³-hybridized carbons (Fsp3) is 0.276. The maximum Gasteiger partial charge on any atom is 0.254 e. The second-order valence-electron chi connectivity index (χ2n) is 9.79. The van der Waals surface area contributed by atoms with Crippen LogP contribution in [-0.4, -0.2) is 32.9 Å². The van der Waals surface area contributed by atoms with Gasteiger partial charge < -0.3 is 10.2 Å². The van der Waals surface area contributed by atoms with E-state index in [1.165, 1.54) is 12.8 Å². The third kappa shape index (κ3) is 5.04. The molecule has 2 saturated carbocycles. The minimum atomic E-state index is -0.0404. The van der Waals surface area contributed by atoms with E-state index in [4.69, 9.17) is 23.2 Å². The van der Waals surface area contributed by atoms with Gasteiger partial charge in [0.15, 0.2) is 0 Å². The van der Waals surface area contributed by atoms with Crippen LogP contribution in [0.4, 0.5) is 5.82 Å². The summed E-state index contributed by atoms with van der Waals surface area (Å²) in [6.45, 7) is 2.46. The molecule has 7 heteroatoms. The number of nitrogens with one attached hydrogen (secondary N) is 1. The van der Waals surface area contributed by atoms with Gasteiger partial charge in [-0.3, -0.25) is 4.79 Å². The Balaban J connectivity index is 1.30. The zero-order chi connectivity index (χ0) is 24.8. The average molecular weight is 517 g/mol. The van der Waals surface area contributed by atoms with Crippen molar-refractivity contribution in [2.75, 3.05) is 5.32 Å². The molecule has 6 rings (SSSR count). The largest absolute Gasteiger partial charge is 0.367 e. The van der Waals surface area contributed by atoms with E-state index in [0.717, 1.165) is 52.1 Å². The molecule has 3 aromatic carbocycles. The first-order valence-corrected chi connectivity index (χ1v) is 13.1. The van der Waals surface area contributed by atoms with E-state index in [1.54, 1.807) is 18.2 Å². The van der Waals surface area contributed by atoms with Crippen LogP contribution in [0.2, 0.25) is 10.0 Å². The van der Waals surface area contributed by atoms with Gasteiger partial charge >= 0.3 is 0 Å². The van der Waals surface area contributed by atoms with Crippen LogP contribution in [0.5, 0.6) is 0 Å². The van der Waals surface area contributed by atoms with Crippen molar-refractivity contribution in [3.8, 4) is 11.1 Å². The molecule has 1 amide bonds. The molecule has 1 heterocycles. The highest BCUT2D eigenvalue weighted by Gasteiger charge is 2.33. The van der Waals surface area contributed by atoms with Crippen molar-refractivity contribution in [2.45, 2.75) is 51.2 Å². The number of amides is 1. The van der Waals surface area contributed by atoms with Crippen molar-refractivity contribution >= 4 is 45.8 Å². The SMILES string of the molecule is Cc1nc(NC2CC2)c2cc(-c3cccc(CN(C(=O)c4cc(Cl)cc(Cl)c4)C4CC4)c3)ccc2n1. The van der Waals surface area contributed by atoms with Crippen LogP contribution in [0, 0.1) is 6.92 Å². The monoisotopic (exact) mass is 516 g/mol. The van der Waals surface area contributed by atoms with Gasteiger partial charge in [0, 0.05) is 39.6 Å². The molecule has 5 nitrogen and oxygen atoms in total. The molecule has 1 aromatic heterocycles. The number of benzene rings is 3. The first kappa shape index (κ1) is 23.3. The van der Waals surface area contributed by atoms with E-state index in [-0.39, 0.29) is 11.9 Å². The fourth-order valence-electron chi connectivity index (χ4n) is 4.60. The molecule has 0 radical (unpaired) electrons. The van der Waals surface area contributed by atoms with E-state index in [9.17, 15) is 4.79 Å². The standard InChI is InChI=1S/C29H26Cl2N4O/c1-17-32-27-10-5-20(14-26(27)28(33-17)34-24-6-7-24)19-4-2-3-18(11-19)16-35(25-8-9-25)29(36)21-12-22(30)15-23(31)13-21/h2-5,10-15,24-25H,6-9,16H2,1H3,(H,32,33,34). The van der Waals surface area contributed by atoms with Gasteiger partial charge in [-0.1, -0.05) is 47.5 Å². The van der Waals surface area contributed by atoms with Crippen molar-refractivity contribution in [3.05, 3.63) is 87.7 Å². The summed E-state index contributed by atoms with van der Waals surface area (Å²) in [5.41, 5.74) is 4.74. The van der Waals surface area contributed by atoms with E-state index in [1.807, 2.05) is 11.8 Å². The molecule has 0 spiro atoms. The lowest BCUT2D eigenvalue weighted by Gasteiger charge is -2.23. The van der Waals surface area contributed by atoms with Gasteiger partial charge in [-0.2, -0.15) is 0 Å². The number of nitrogens with zero attached hydrogens (tertiary/aromatic N) is 3. The van der Waals surface area contributed by atoms with E-state index < -0.39 is 0 Å².